The summed E-state index contributed by atoms with van der Waals surface area (Å²) in [5.41, 5.74) is 1.78. The summed E-state index contributed by atoms with van der Waals surface area (Å²) in [5, 5.41) is 3.27. The van der Waals surface area contributed by atoms with Gasteiger partial charge in [0.05, 0.1) is 0 Å². The van der Waals surface area contributed by atoms with Gasteiger partial charge in [-0.25, -0.2) is 0 Å². The van der Waals surface area contributed by atoms with Gasteiger partial charge in [-0.05, 0) is 62.2 Å². The van der Waals surface area contributed by atoms with Crippen molar-refractivity contribution in [2.24, 2.45) is 11.8 Å². The molecule has 1 aromatic rings. The second-order valence-electron chi connectivity index (χ2n) is 9.17. The first-order chi connectivity index (χ1) is 14.1. The summed E-state index contributed by atoms with van der Waals surface area (Å²) in [6, 6.07) is 7.97. The molecule has 0 saturated carbocycles. The number of nitrogens with zero attached hydrogens (tertiary/aromatic N) is 2. The summed E-state index contributed by atoms with van der Waals surface area (Å²) >= 11 is 0. The van der Waals surface area contributed by atoms with E-state index >= 15 is 0 Å². The van der Waals surface area contributed by atoms with E-state index in [1.165, 1.54) is 45.2 Å². The second-order valence-corrected chi connectivity index (χ2v) is 9.17. The van der Waals surface area contributed by atoms with E-state index in [-0.39, 0.29) is 17.7 Å². The van der Waals surface area contributed by atoms with Crippen molar-refractivity contribution in [1.29, 1.82) is 0 Å². The van der Waals surface area contributed by atoms with E-state index in [9.17, 15) is 9.59 Å². The quantitative estimate of drug-likeness (QED) is 0.800. The van der Waals surface area contributed by atoms with Gasteiger partial charge in [-0.1, -0.05) is 44.9 Å². The number of carbonyl (C=O) groups is 2. The Labute approximate surface area is 174 Å². The van der Waals surface area contributed by atoms with Crippen LogP contribution in [0, 0.1) is 11.8 Å². The molecule has 0 bridgehead atoms. The van der Waals surface area contributed by atoms with E-state index in [1.54, 1.807) is 4.90 Å². The molecule has 5 nitrogen and oxygen atoms in total. The number of benzene rings is 1. The molecule has 0 aliphatic carbocycles. The minimum Gasteiger partial charge on any atom is -0.354 e. The van der Waals surface area contributed by atoms with Crippen molar-refractivity contribution >= 4 is 11.8 Å². The first-order valence-electron chi connectivity index (χ1n) is 11.5. The van der Waals surface area contributed by atoms with Crippen LogP contribution in [0.2, 0.25) is 0 Å². The van der Waals surface area contributed by atoms with E-state index < -0.39 is 6.04 Å². The molecule has 4 atom stereocenters. The highest BCUT2D eigenvalue weighted by molar-refractivity contribution is 6.01. The number of nitrogens with one attached hydrogen (secondary N) is 1. The third-order valence-corrected chi connectivity index (χ3v) is 7.40. The van der Waals surface area contributed by atoms with Crippen molar-refractivity contribution in [3.8, 4) is 0 Å². The second kappa shape index (κ2) is 8.86. The summed E-state index contributed by atoms with van der Waals surface area (Å²) in [7, 11) is 0. The van der Waals surface area contributed by atoms with Gasteiger partial charge >= 0.3 is 0 Å². The maximum absolute atomic E-state index is 13.3. The first kappa shape index (κ1) is 20.4. The fourth-order valence-electron chi connectivity index (χ4n) is 5.58. The predicted molar refractivity (Wildman–Crippen MR) is 115 cm³/mol. The molecule has 0 aromatic heterocycles. The van der Waals surface area contributed by atoms with Crippen molar-refractivity contribution in [2.45, 2.75) is 71.0 Å². The number of hydrogen-bond donors (Lipinski definition) is 1. The zero-order valence-electron chi connectivity index (χ0n) is 17.9. The van der Waals surface area contributed by atoms with Crippen LogP contribution in [-0.4, -0.2) is 53.3 Å². The van der Waals surface area contributed by atoms with Crippen LogP contribution in [0.5, 0.6) is 0 Å². The smallest absolute Gasteiger partial charge is 0.255 e. The van der Waals surface area contributed by atoms with Crippen molar-refractivity contribution in [2.75, 3.05) is 19.6 Å². The van der Waals surface area contributed by atoms with Gasteiger partial charge in [0.2, 0.25) is 5.91 Å². The third-order valence-electron chi connectivity index (χ3n) is 7.40. The third kappa shape index (κ3) is 4.07. The Morgan fingerprint density at radius 3 is 2.76 bits per heavy atom. The first-order valence-corrected chi connectivity index (χ1v) is 11.5. The zero-order valence-corrected chi connectivity index (χ0v) is 17.9. The number of fused-ring (bicyclic) bond motifs is 2. The van der Waals surface area contributed by atoms with Gasteiger partial charge in [-0.3, -0.25) is 9.59 Å². The predicted octanol–water partition coefficient (Wildman–Crippen LogP) is 3.44. The molecule has 0 spiro atoms. The summed E-state index contributed by atoms with van der Waals surface area (Å²) < 4.78 is 0. The van der Waals surface area contributed by atoms with Gasteiger partial charge in [0.1, 0.15) is 6.04 Å². The van der Waals surface area contributed by atoms with Crippen LogP contribution in [0.25, 0.3) is 0 Å². The van der Waals surface area contributed by atoms with Crippen LogP contribution in [0.1, 0.15) is 68.3 Å². The lowest BCUT2D eigenvalue weighted by atomic mass is 9.83. The Balaban J connectivity index is 1.44. The molecular weight excluding hydrogens is 362 g/mol. The van der Waals surface area contributed by atoms with E-state index in [0.29, 0.717) is 18.5 Å². The average Bonchev–Trinajstić information content (AvgIpc) is 3.08. The van der Waals surface area contributed by atoms with Crippen LogP contribution in [0.15, 0.2) is 24.3 Å². The van der Waals surface area contributed by atoms with Crippen LogP contribution in [0.3, 0.4) is 0 Å². The molecule has 3 aliphatic heterocycles. The van der Waals surface area contributed by atoms with Crippen LogP contribution >= 0.6 is 0 Å². The number of hydrogen-bond acceptors (Lipinski definition) is 3. The highest BCUT2D eigenvalue weighted by Gasteiger charge is 2.39. The molecule has 2 amide bonds. The Bertz CT molecular complexity index is 747. The molecule has 3 heterocycles. The Morgan fingerprint density at radius 2 is 1.97 bits per heavy atom. The van der Waals surface area contributed by atoms with E-state index in [0.717, 1.165) is 24.1 Å². The number of amides is 2. The summed E-state index contributed by atoms with van der Waals surface area (Å²) in [6.07, 6.45) is 7.17. The molecule has 158 valence electrons. The lowest BCUT2D eigenvalue weighted by Gasteiger charge is -2.44. The lowest BCUT2D eigenvalue weighted by molar-refractivity contribution is -0.127. The SMILES string of the molecule is CC[C@H](C)[C@@H](C(=O)NC[C@@H]1CCCN2CCCC[C@H]12)N1Cc2ccccc2C1=O. The van der Waals surface area contributed by atoms with Crippen molar-refractivity contribution in [1.82, 2.24) is 15.1 Å². The maximum Gasteiger partial charge on any atom is 0.255 e. The normalized spacial score (nSPS) is 26.6. The monoisotopic (exact) mass is 397 g/mol. The highest BCUT2D eigenvalue weighted by atomic mass is 16.2. The molecule has 5 heteroatoms. The average molecular weight is 398 g/mol. The minimum atomic E-state index is -0.397. The zero-order chi connectivity index (χ0) is 20.4. The van der Waals surface area contributed by atoms with Crippen molar-refractivity contribution in [3.05, 3.63) is 35.4 Å². The molecule has 4 rings (SSSR count). The molecule has 1 aromatic carbocycles. The van der Waals surface area contributed by atoms with Crippen LogP contribution in [0.4, 0.5) is 0 Å². The van der Waals surface area contributed by atoms with Crippen LogP contribution < -0.4 is 5.32 Å². The topological polar surface area (TPSA) is 52.7 Å². The molecule has 3 aliphatic rings. The molecular formula is C24H35N3O2. The van der Waals surface area contributed by atoms with Gasteiger partial charge in [0.25, 0.3) is 5.91 Å². The summed E-state index contributed by atoms with van der Waals surface area (Å²) in [4.78, 5) is 30.7. The Kier molecular flexibility index (Phi) is 6.23. The summed E-state index contributed by atoms with van der Waals surface area (Å²) in [5.74, 6) is 0.688. The van der Waals surface area contributed by atoms with Gasteiger partial charge in [-0.2, -0.15) is 0 Å². The fourth-order valence-corrected chi connectivity index (χ4v) is 5.58. The van der Waals surface area contributed by atoms with Gasteiger partial charge < -0.3 is 15.1 Å². The van der Waals surface area contributed by atoms with Crippen molar-refractivity contribution < 1.29 is 9.59 Å². The van der Waals surface area contributed by atoms with E-state index in [2.05, 4.69) is 24.1 Å². The lowest BCUT2D eigenvalue weighted by Crippen LogP contribution is -2.54. The van der Waals surface area contributed by atoms with Crippen LogP contribution in [-0.2, 0) is 11.3 Å². The molecule has 2 fully saturated rings. The van der Waals surface area contributed by atoms with Crippen molar-refractivity contribution in [3.63, 3.8) is 0 Å². The van der Waals surface area contributed by atoms with Gasteiger partial charge in [0.15, 0.2) is 0 Å². The minimum absolute atomic E-state index is 0.00262. The number of carbonyl (C=O) groups excluding carboxylic acids is 2. The Morgan fingerprint density at radius 1 is 1.17 bits per heavy atom. The van der Waals surface area contributed by atoms with E-state index in [4.69, 9.17) is 0 Å². The maximum atomic E-state index is 13.3. The Hall–Kier alpha value is -1.88. The van der Waals surface area contributed by atoms with E-state index in [1.807, 2.05) is 24.3 Å². The van der Waals surface area contributed by atoms with Gasteiger partial charge in [-0.15, -0.1) is 0 Å². The molecule has 0 unspecified atom stereocenters. The summed E-state index contributed by atoms with van der Waals surface area (Å²) in [6.45, 7) is 7.89. The highest BCUT2D eigenvalue weighted by Crippen LogP contribution is 2.31. The number of piperidine rings is 2. The largest absolute Gasteiger partial charge is 0.354 e. The fraction of sp³-hybridized carbons (Fsp3) is 0.667. The van der Waals surface area contributed by atoms with Gasteiger partial charge in [0, 0.05) is 24.7 Å². The molecule has 1 N–H and O–H groups in total. The molecule has 2 saturated heterocycles. The molecule has 0 radical (unpaired) electrons. The standard InChI is InChI=1S/C24H35N3O2/c1-3-17(2)22(27-16-19-9-4-5-11-20(19)24(27)29)23(28)25-15-18-10-8-14-26-13-7-6-12-21(18)26/h4-5,9,11,17-18,21-22H,3,6-8,10,12-16H2,1-2H3,(H,25,28)/t17-,18-,21+,22-/m0/s1. The number of rotatable bonds is 6. The molecule has 29 heavy (non-hydrogen) atoms.